The zero-order valence-electron chi connectivity index (χ0n) is 18.6. The van der Waals surface area contributed by atoms with Gasteiger partial charge < -0.3 is 9.64 Å². The number of fused-ring (bicyclic) bond motifs is 2. The van der Waals surface area contributed by atoms with Crippen LogP contribution in [0.4, 0.5) is 8.78 Å². The molecular formula is C26H33F2NO2. The van der Waals surface area contributed by atoms with E-state index in [0.29, 0.717) is 13.0 Å². The van der Waals surface area contributed by atoms with E-state index in [4.69, 9.17) is 4.74 Å². The van der Waals surface area contributed by atoms with E-state index in [9.17, 15) is 13.6 Å². The van der Waals surface area contributed by atoms with Crippen LogP contribution < -0.4 is 0 Å². The summed E-state index contributed by atoms with van der Waals surface area (Å²) in [5, 5.41) is 0. The van der Waals surface area contributed by atoms with Crippen molar-refractivity contribution in [2.75, 3.05) is 33.4 Å². The van der Waals surface area contributed by atoms with Gasteiger partial charge in [0.15, 0.2) is 0 Å². The summed E-state index contributed by atoms with van der Waals surface area (Å²) in [7, 11) is 2.08. The number of rotatable bonds is 4. The molecule has 2 aromatic rings. The predicted molar refractivity (Wildman–Crippen MR) is 120 cm³/mol. The van der Waals surface area contributed by atoms with E-state index in [-0.39, 0.29) is 30.3 Å². The number of likely N-dealkylation sites (tertiary alicyclic amines) is 1. The van der Waals surface area contributed by atoms with Gasteiger partial charge in [-0.15, -0.1) is 0 Å². The Balaban J connectivity index is 0.000000196. The molecule has 1 fully saturated rings. The molecule has 2 aliphatic rings. The van der Waals surface area contributed by atoms with Crippen LogP contribution >= 0.6 is 0 Å². The molecule has 0 bridgehead atoms. The highest BCUT2D eigenvalue weighted by molar-refractivity contribution is 5.72. The maximum atomic E-state index is 13.4. The Morgan fingerprint density at radius 1 is 1.10 bits per heavy atom. The third kappa shape index (κ3) is 6.36. The second kappa shape index (κ2) is 11.4. The van der Waals surface area contributed by atoms with Gasteiger partial charge in [-0.3, -0.25) is 9.18 Å². The zero-order valence-corrected chi connectivity index (χ0v) is 18.6. The van der Waals surface area contributed by atoms with Gasteiger partial charge in [0.1, 0.15) is 5.82 Å². The minimum absolute atomic E-state index is 0.00870. The summed E-state index contributed by atoms with van der Waals surface area (Å²) in [6, 6.07) is 13.2. The number of carbonyl (C=O) groups excluding carboxylic acids is 1. The van der Waals surface area contributed by atoms with Crippen LogP contribution in [0.1, 0.15) is 54.4 Å². The third-order valence-corrected chi connectivity index (χ3v) is 6.31. The fourth-order valence-corrected chi connectivity index (χ4v) is 4.52. The summed E-state index contributed by atoms with van der Waals surface area (Å²) < 4.78 is 31.1. The molecule has 1 aliphatic carbocycles. The molecular weight excluding hydrogens is 396 g/mol. The Kier molecular flexibility index (Phi) is 8.59. The van der Waals surface area contributed by atoms with Crippen molar-refractivity contribution in [3.8, 4) is 0 Å². The van der Waals surface area contributed by atoms with Gasteiger partial charge in [0.05, 0.1) is 19.2 Å². The summed E-state index contributed by atoms with van der Waals surface area (Å²) in [5.41, 5.74) is 4.65. The molecule has 1 heterocycles. The largest absolute Gasteiger partial charge is 0.466 e. The smallest absolute Gasteiger partial charge is 0.309 e. The van der Waals surface area contributed by atoms with Crippen molar-refractivity contribution in [1.29, 1.82) is 0 Å². The number of carbonyl (C=O) groups is 1. The molecule has 0 unspecified atom stereocenters. The van der Waals surface area contributed by atoms with Crippen LogP contribution in [-0.4, -0.2) is 44.3 Å². The van der Waals surface area contributed by atoms with Gasteiger partial charge >= 0.3 is 5.97 Å². The van der Waals surface area contributed by atoms with Crippen molar-refractivity contribution < 1.29 is 18.3 Å². The Hall–Kier alpha value is -2.27. The van der Waals surface area contributed by atoms with E-state index in [1.165, 1.54) is 17.2 Å². The van der Waals surface area contributed by atoms with E-state index in [0.717, 1.165) is 49.9 Å². The average molecular weight is 430 g/mol. The highest BCUT2D eigenvalue weighted by atomic mass is 19.1. The molecule has 5 heteroatoms. The summed E-state index contributed by atoms with van der Waals surface area (Å²) in [6.45, 7) is 4.06. The first kappa shape index (κ1) is 23.4. The number of alkyl halides is 1. The minimum Gasteiger partial charge on any atom is -0.466 e. The van der Waals surface area contributed by atoms with Crippen LogP contribution in [0.25, 0.3) is 0 Å². The number of piperidine rings is 1. The van der Waals surface area contributed by atoms with E-state index >= 15 is 0 Å². The molecule has 0 amide bonds. The topological polar surface area (TPSA) is 29.5 Å². The molecule has 1 saturated heterocycles. The van der Waals surface area contributed by atoms with Gasteiger partial charge in [-0.25, -0.2) is 4.39 Å². The molecule has 4 rings (SSSR count). The van der Waals surface area contributed by atoms with Gasteiger partial charge in [-0.2, -0.15) is 0 Å². The predicted octanol–water partition coefficient (Wildman–Crippen LogP) is 5.31. The maximum Gasteiger partial charge on any atom is 0.309 e. The standard InChI is InChI=1S/C17H16F2.C9H17NO2/c18-8-7-14-10-15-11-16(19)6-5-12(15)9-13-3-1-2-4-17(13)14;1-3-12-9(11)8-4-6-10(2)7-5-8/h1-6,11,14H,7-10H2;8H,3-7H2,1-2H3/t14-;/m0./s1. The highest BCUT2D eigenvalue weighted by Gasteiger charge is 2.24. The highest BCUT2D eigenvalue weighted by Crippen LogP contribution is 2.34. The van der Waals surface area contributed by atoms with Gasteiger partial charge in [-0.1, -0.05) is 30.3 Å². The number of hydrogen-bond acceptors (Lipinski definition) is 3. The van der Waals surface area contributed by atoms with Crippen LogP contribution in [-0.2, 0) is 22.4 Å². The third-order valence-electron chi connectivity index (χ3n) is 6.31. The van der Waals surface area contributed by atoms with Crippen LogP contribution in [0.15, 0.2) is 42.5 Å². The molecule has 1 aliphatic heterocycles. The molecule has 0 spiro atoms. The van der Waals surface area contributed by atoms with Crippen molar-refractivity contribution in [3.05, 3.63) is 70.5 Å². The fourth-order valence-electron chi connectivity index (χ4n) is 4.52. The summed E-state index contributed by atoms with van der Waals surface area (Å²) in [5.74, 6) is 0.0969. The fraction of sp³-hybridized carbons (Fsp3) is 0.500. The molecule has 31 heavy (non-hydrogen) atoms. The Morgan fingerprint density at radius 2 is 1.84 bits per heavy atom. The molecule has 0 aromatic heterocycles. The van der Waals surface area contributed by atoms with Crippen molar-refractivity contribution in [2.45, 2.75) is 44.9 Å². The van der Waals surface area contributed by atoms with Crippen LogP contribution in [0.3, 0.4) is 0 Å². The molecule has 1 atom stereocenters. The summed E-state index contributed by atoms with van der Waals surface area (Å²) in [6.07, 6.45) is 3.96. The van der Waals surface area contributed by atoms with Gasteiger partial charge in [0.25, 0.3) is 0 Å². The number of benzene rings is 2. The van der Waals surface area contributed by atoms with Gasteiger partial charge in [-0.05, 0) is 99.5 Å². The molecule has 0 radical (unpaired) electrons. The van der Waals surface area contributed by atoms with E-state index < -0.39 is 0 Å². The van der Waals surface area contributed by atoms with Crippen molar-refractivity contribution in [2.24, 2.45) is 5.92 Å². The van der Waals surface area contributed by atoms with Crippen LogP contribution in [0.5, 0.6) is 0 Å². The summed E-state index contributed by atoms with van der Waals surface area (Å²) in [4.78, 5) is 13.5. The van der Waals surface area contributed by atoms with Crippen LogP contribution in [0.2, 0.25) is 0 Å². The number of ether oxygens (including phenoxy) is 1. The SMILES string of the molecule is CCOC(=O)C1CCN(C)CC1.FCC[C@H]1Cc2cc(F)ccc2Cc2ccccc21. The molecule has 2 aromatic carbocycles. The first-order chi connectivity index (χ1) is 15.0. The lowest BCUT2D eigenvalue weighted by Crippen LogP contribution is -2.34. The Labute approximate surface area is 184 Å². The molecule has 168 valence electrons. The minimum atomic E-state index is -0.330. The number of esters is 1. The van der Waals surface area contributed by atoms with Gasteiger partial charge in [0, 0.05) is 0 Å². The molecule has 0 N–H and O–H groups in total. The lowest BCUT2D eigenvalue weighted by atomic mass is 9.89. The lowest BCUT2D eigenvalue weighted by molar-refractivity contribution is -0.149. The molecule has 3 nitrogen and oxygen atoms in total. The lowest BCUT2D eigenvalue weighted by Gasteiger charge is -2.27. The van der Waals surface area contributed by atoms with E-state index in [2.05, 4.69) is 24.1 Å². The van der Waals surface area contributed by atoms with Crippen molar-refractivity contribution in [3.63, 3.8) is 0 Å². The Morgan fingerprint density at radius 3 is 2.55 bits per heavy atom. The average Bonchev–Trinajstić information content (AvgIpc) is 2.91. The first-order valence-corrected chi connectivity index (χ1v) is 11.3. The number of hydrogen-bond donors (Lipinski definition) is 0. The van der Waals surface area contributed by atoms with Gasteiger partial charge in [0.2, 0.25) is 0 Å². The monoisotopic (exact) mass is 429 g/mol. The Bertz CT molecular complexity index is 862. The van der Waals surface area contributed by atoms with Crippen molar-refractivity contribution in [1.82, 2.24) is 4.90 Å². The quantitative estimate of drug-likeness (QED) is 0.617. The molecule has 0 saturated carbocycles. The second-order valence-electron chi connectivity index (χ2n) is 8.50. The number of nitrogens with zero attached hydrogens (tertiary/aromatic N) is 1. The second-order valence-corrected chi connectivity index (χ2v) is 8.50. The van der Waals surface area contributed by atoms with Crippen LogP contribution in [0, 0.1) is 11.7 Å². The summed E-state index contributed by atoms with van der Waals surface area (Å²) >= 11 is 0. The first-order valence-electron chi connectivity index (χ1n) is 11.3. The maximum absolute atomic E-state index is 13.4. The van der Waals surface area contributed by atoms with E-state index in [1.807, 2.05) is 25.1 Å². The normalized spacial score (nSPS) is 18.8. The van der Waals surface area contributed by atoms with Crippen molar-refractivity contribution >= 4 is 5.97 Å². The number of halogens is 2. The van der Waals surface area contributed by atoms with E-state index in [1.54, 1.807) is 6.07 Å². The zero-order chi connectivity index (χ0) is 22.2.